The first kappa shape index (κ1) is 14.1. The second-order valence-electron chi connectivity index (χ2n) is 3.87. The molecule has 0 saturated carbocycles. The van der Waals surface area contributed by atoms with Gasteiger partial charge in [0.15, 0.2) is 0 Å². The predicted molar refractivity (Wildman–Crippen MR) is 72.3 cm³/mol. The van der Waals surface area contributed by atoms with Crippen molar-refractivity contribution in [2.75, 3.05) is 25.0 Å². The number of benzene rings is 1. The highest BCUT2D eigenvalue weighted by Gasteiger charge is 2.11. The van der Waals surface area contributed by atoms with Crippen LogP contribution in [0.3, 0.4) is 0 Å². The highest BCUT2D eigenvalue weighted by Crippen LogP contribution is 2.10. The molecule has 0 atom stereocenters. The summed E-state index contributed by atoms with van der Waals surface area (Å²) >= 11 is 0. The second-order valence-corrected chi connectivity index (χ2v) is 3.87. The van der Waals surface area contributed by atoms with E-state index in [1.165, 1.54) is 0 Å². The van der Waals surface area contributed by atoms with Crippen LogP contribution >= 0.6 is 0 Å². The number of nitrogens with zero attached hydrogens (tertiary/aromatic N) is 1. The first-order valence-electron chi connectivity index (χ1n) is 5.94. The van der Waals surface area contributed by atoms with E-state index in [9.17, 15) is 4.79 Å². The monoisotopic (exact) mass is 246 g/mol. The molecule has 0 aliphatic rings. The molecular formula is C14H18N2O2. The maximum absolute atomic E-state index is 11.9. The molecule has 4 nitrogen and oxygen atoms in total. The Morgan fingerprint density at radius 2 is 2.28 bits per heavy atom. The molecule has 0 spiro atoms. The number of anilines is 1. The quantitative estimate of drug-likeness (QED) is 0.780. The van der Waals surface area contributed by atoms with Crippen LogP contribution < -0.4 is 5.32 Å². The van der Waals surface area contributed by atoms with Crippen molar-refractivity contribution in [1.29, 1.82) is 0 Å². The number of carbonyl (C=O) groups is 1. The van der Waals surface area contributed by atoms with Gasteiger partial charge >= 0.3 is 6.03 Å². The topological polar surface area (TPSA) is 52.6 Å². The van der Waals surface area contributed by atoms with E-state index in [4.69, 9.17) is 11.5 Å². The zero-order valence-corrected chi connectivity index (χ0v) is 10.5. The van der Waals surface area contributed by atoms with E-state index in [2.05, 4.69) is 11.2 Å². The van der Waals surface area contributed by atoms with Gasteiger partial charge in [-0.05, 0) is 24.6 Å². The van der Waals surface area contributed by atoms with E-state index in [0.717, 1.165) is 12.0 Å². The molecule has 0 unspecified atom stereocenters. The molecule has 18 heavy (non-hydrogen) atoms. The lowest BCUT2D eigenvalue weighted by atomic mass is 10.2. The minimum absolute atomic E-state index is 0.0438. The molecule has 0 aromatic heterocycles. The Morgan fingerprint density at radius 1 is 1.50 bits per heavy atom. The van der Waals surface area contributed by atoms with Gasteiger partial charge in [0.05, 0.1) is 6.61 Å². The maximum Gasteiger partial charge on any atom is 0.321 e. The van der Waals surface area contributed by atoms with Crippen molar-refractivity contribution < 1.29 is 9.90 Å². The number of hydrogen-bond acceptors (Lipinski definition) is 2. The van der Waals surface area contributed by atoms with Crippen LogP contribution in [0, 0.1) is 12.3 Å². The molecule has 2 amide bonds. The van der Waals surface area contributed by atoms with Crippen molar-refractivity contribution in [2.45, 2.75) is 13.3 Å². The molecular weight excluding hydrogens is 228 g/mol. The highest BCUT2D eigenvalue weighted by molar-refractivity contribution is 5.89. The van der Waals surface area contributed by atoms with Gasteiger partial charge in [0.2, 0.25) is 0 Å². The van der Waals surface area contributed by atoms with E-state index in [0.29, 0.717) is 18.8 Å². The number of rotatable bonds is 5. The van der Waals surface area contributed by atoms with Crippen LogP contribution in [0.15, 0.2) is 24.3 Å². The maximum atomic E-state index is 11.9. The summed E-state index contributed by atoms with van der Waals surface area (Å²) in [7, 11) is 0. The third-order valence-corrected chi connectivity index (χ3v) is 2.43. The summed E-state index contributed by atoms with van der Waals surface area (Å²) in [4.78, 5) is 13.5. The number of terminal acetylenes is 1. The van der Waals surface area contributed by atoms with Gasteiger partial charge in [0.1, 0.15) is 0 Å². The molecule has 0 aliphatic heterocycles. The fourth-order valence-corrected chi connectivity index (χ4v) is 1.59. The fourth-order valence-electron chi connectivity index (χ4n) is 1.59. The number of aliphatic hydroxyl groups excluding tert-OH is 1. The Morgan fingerprint density at radius 3 is 2.89 bits per heavy atom. The summed E-state index contributed by atoms with van der Waals surface area (Å²) in [5, 5.41) is 11.7. The molecule has 1 aromatic carbocycles. The summed E-state index contributed by atoms with van der Waals surface area (Å²) in [5.41, 5.74) is 1.38. The van der Waals surface area contributed by atoms with Crippen molar-refractivity contribution in [3.63, 3.8) is 0 Å². The third-order valence-electron chi connectivity index (χ3n) is 2.43. The lowest BCUT2D eigenvalue weighted by Crippen LogP contribution is -2.37. The summed E-state index contributed by atoms with van der Waals surface area (Å²) < 4.78 is 0. The van der Waals surface area contributed by atoms with E-state index >= 15 is 0 Å². The van der Waals surface area contributed by atoms with Crippen molar-refractivity contribution in [3.8, 4) is 12.3 Å². The molecule has 0 fully saturated rings. The zero-order valence-electron chi connectivity index (χ0n) is 10.5. The lowest BCUT2D eigenvalue weighted by Gasteiger charge is -2.21. The number of hydrogen-bond donors (Lipinski definition) is 2. The van der Waals surface area contributed by atoms with Crippen LogP contribution in [-0.4, -0.2) is 35.7 Å². The van der Waals surface area contributed by atoms with Crippen LogP contribution in [0.1, 0.15) is 18.9 Å². The molecule has 2 N–H and O–H groups in total. The average Bonchev–Trinajstić information content (AvgIpc) is 2.38. The normalized spacial score (nSPS) is 9.61. The van der Waals surface area contributed by atoms with E-state index < -0.39 is 0 Å². The minimum atomic E-state index is -0.222. The molecule has 1 aromatic rings. The summed E-state index contributed by atoms with van der Waals surface area (Å²) in [6.45, 7) is 2.88. The Hall–Kier alpha value is -1.99. The first-order valence-corrected chi connectivity index (χ1v) is 5.94. The van der Waals surface area contributed by atoms with E-state index in [1.807, 2.05) is 6.92 Å². The Kier molecular flexibility index (Phi) is 5.75. The van der Waals surface area contributed by atoms with Crippen molar-refractivity contribution >= 4 is 11.7 Å². The largest absolute Gasteiger partial charge is 0.395 e. The van der Waals surface area contributed by atoms with Crippen molar-refractivity contribution in [3.05, 3.63) is 29.8 Å². The van der Waals surface area contributed by atoms with Gasteiger partial charge in [0.25, 0.3) is 0 Å². The molecule has 1 rings (SSSR count). The number of nitrogens with one attached hydrogen (secondary N) is 1. The molecule has 96 valence electrons. The van der Waals surface area contributed by atoms with Gasteiger partial charge in [-0.15, -0.1) is 6.42 Å². The van der Waals surface area contributed by atoms with Gasteiger partial charge in [0, 0.05) is 24.3 Å². The number of aliphatic hydroxyl groups is 1. The van der Waals surface area contributed by atoms with Gasteiger partial charge in [-0.3, -0.25) is 0 Å². The molecule has 0 aliphatic carbocycles. The summed E-state index contributed by atoms with van der Waals surface area (Å²) in [6, 6.07) is 6.89. The van der Waals surface area contributed by atoms with Crippen LogP contribution in [0.2, 0.25) is 0 Å². The molecule has 0 heterocycles. The van der Waals surface area contributed by atoms with Gasteiger partial charge in [-0.2, -0.15) is 0 Å². The molecule has 4 heteroatoms. The smallest absolute Gasteiger partial charge is 0.321 e. The first-order chi connectivity index (χ1) is 8.71. The molecule has 0 saturated heterocycles. The van der Waals surface area contributed by atoms with Gasteiger partial charge < -0.3 is 15.3 Å². The Bertz CT molecular complexity index is 432. The van der Waals surface area contributed by atoms with Crippen LogP contribution in [0.25, 0.3) is 0 Å². The van der Waals surface area contributed by atoms with Gasteiger partial charge in [-0.1, -0.05) is 18.9 Å². The Labute approximate surface area is 108 Å². The number of urea groups is 1. The van der Waals surface area contributed by atoms with E-state index in [1.54, 1.807) is 29.2 Å². The lowest BCUT2D eigenvalue weighted by molar-refractivity contribution is 0.188. The predicted octanol–water partition coefficient (Wildman–Crippen LogP) is 1.90. The second kappa shape index (κ2) is 7.36. The van der Waals surface area contributed by atoms with Crippen LogP contribution in [-0.2, 0) is 0 Å². The average molecular weight is 246 g/mol. The van der Waals surface area contributed by atoms with Crippen LogP contribution in [0.5, 0.6) is 0 Å². The SMILES string of the molecule is C#Cc1cccc(NC(=O)N(CCC)CCO)c1. The van der Waals surface area contributed by atoms with Crippen molar-refractivity contribution in [1.82, 2.24) is 4.90 Å². The van der Waals surface area contributed by atoms with Crippen molar-refractivity contribution in [2.24, 2.45) is 0 Å². The minimum Gasteiger partial charge on any atom is -0.395 e. The standard InChI is InChI=1S/C14H18N2O2/c1-3-8-16(9-10-17)14(18)15-13-7-5-6-12(4-2)11-13/h2,5-7,11,17H,3,8-10H2,1H3,(H,15,18). The van der Waals surface area contributed by atoms with Crippen LogP contribution in [0.4, 0.5) is 10.5 Å². The number of amides is 2. The van der Waals surface area contributed by atoms with E-state index in [-0.39, 0.29) is 12.6 Å². The Balaban J connectivity index is 2.69. The third kappa shape index (κ3) is 4.11. The summed E-state index contributed by atoms with van der Waals surface area (Å²) in [5.74, 6) is 2.52. The summed E-state index contributed by atoms with van der Waals surface area (Å²) in [6.07, 6.45) is 6.14. The zero-order chi connectivity index (χ0) is 13.4. The molecule has 0 bridgehead atoms. The highest BCUT2D eigenvalue weighted by atomic mass is 16.3. The molecule has 0 radical (unpaired) electrons. The number of carbonyl (C=O) groups excluding carboxylic acids is 1. The van der Waals surface area contributed by atoms with Gasteiger partial charge in [-0.25, -0.2) is 4.79 Å². The fraction of sp³-hybridized carbons (Fsp3) is 0.357.